The third-order valence-corrected chi connectivity index (χ3v) is 5.49. The Hall–Kier alpha value is -2.59. The number of nitrogens with zero attached hydrogens (tertiary/aromatic N) is 2. The van der Waals surface area contributed by atoms with Gasteiger partial charge in [-0.05, 0) is 63.7 Å². The van der Waals surface area contributed by atoms with Gasteiger partial charge in [-0.1, -0.05) is 44.2 Å². The quantitative estimate of drug-likeness (QED) is 0.472. The molecule has 1 heterocycles. The van der Waals surface area contributed by atoms with Crippen LogP contribution in [0.4, 0.5) is 5.69 Å². The van der Waals surface area contributed by atoms with Crippen molar-refractivity contribution < 1.29 is 4.74 Å². The molecular formula is C25H33N3O. The Bertz CT molecular complexity index is 907. The molecule has 154 valence electrons. The maximum Gasteiger partial charge on any atom is 0.119 e. The van der Waals surface area contributed by atoms with Gasteiger partial charge in [0.2, 0.25) is 0 Å². The normalized spacial score (nSPS) is 12.3. The van der Waals surface area contributed by atoms with Crippen LogP contribution in [0.3, 0.4) is 0 Å². The van der Waals surface area contributed by atoms with Crippen molar-refractivity contribution in [3.05, 3.63) is 54.6 Å². The van der Waals surface area contributed by atoms with Crippen molar-refractivity contribution >= 4 is 16.6 Å². The fourth-order valence-electron chi connectivity index (χ4n) is 3.71. The van der Waals surface area contributed by atoms with Crippen LogP contribution in [0.1, 0.15) is 33.6 Å². The van der Waals surface area contributed by atoms with Gasteiger partial charge in [-0.25, -0.2) is 4.98 Å². The van der Waals surface area contributed by atoms with Gasteiger partial charge in [0.1, 0.15) is 5.75 Å². The summed E-state index contributed by atoms with van der Waals surface area (Å²) in [6.45, 7) is 10.1. The van der Waals surface area contributed by atoms with Gasteiger partial charge < -0.3 is 15.0 Å². The molecule has 2 aromatic carbocycles. The molecule has 4 heteroatoms. The molecule has 1 aromatic heterocycles. The molecule has 0 fully saturated rings. The minimum atomic E-state index is 0.381. The van der Waals surface area contributed by atoms with Crippen LogP contribution in [0.15, 0.2) is 54.6 Å². The second kappa shape index (κ2) is 10.3. The first-order valence-corrected chi connectivity index (χ1v) is 10.7. The summed E-state index contributed by atoms with van der Waals surface area (Å²) in [5, 5.41) is 4.84. The number of ether oxygens (including phenoxy) is 1. The summed E-state index contributed by atoms with van der Waals surface area (Å²) >= 11 is 0. The summed E-state index contributed by atoms with van der Waals surface area (Å²) in [4.78, 5) is 7.37. The number of hydrogen-bond donors (Lipinski definition) is 1. The van der Waals surface area contributed by atoms with Crippen LogP contribution in [0.5, 0.6) is 5.75 Å². The highest BCUT2D eigenvalue weighted by Crippen LogP contribution is 2.31. The van der Waals surface area contributed by atoms with Gasteiger partial charge in [-0.15, -0.1) is 0 Å². The summed E-state index contributed by atoms with van der Waals surface area (Å²) in [6, 6.07) is 19.0. The molecule has 3 aromatic rings. The van der Waals surface area contributed by atoms with Gasteiger partial charge in [0.25, 0.3) is 0 Å². The molecule has 0 saturated heterocycles. The molecule has 4 nitrogen and oxygen atoms in total. The standard InChI is InChI=1S/C25H33N3O/c1-5-28(6-2)16-10-11-19(3)26-25-18-24(20-12-8-7-9-13-20)27-23-15-14-21(29-4)17-22(23)25/h7-9,12-15,17-19H,5-6,10-11,16H2,1-4H3,(H,26,27). The van der Waals surface area contributed by atoms with Crippen molar-refractivity contribution in [3.8, 4) is 17.0 Å². The fourth-order valence-corrected chi connectivity index (χ4v) is 3.71. The summed E-state index contributed by atoms with van der Waals surface area (Å²) in [7, 11) is 1.70. The van der Waals surface area contributed by atoms with Crippen molar-refractivity contribution in [2.24, 2.45) is 0 Å². The van der Waals surface area contributed by atoms with Crippen LogP contribution < -0.4 is 10.1 Å². The number of anilines is 1. The smallest absolute Gasteiger partial charge is 0.119 e. The molecule has 0 aliphatic heterocycles. The lowest BCUT2D eigenvalue weighted by Crippen LogP contribution is -2.25. The highest BCUT2D eigenvalue weighted by atomic mass is 16.5. The highest BCUT2D eigenvalue weighted by Gasteiger charge is 2.11. The molecule has 0 radical (unpaired) electrons. The molecule has 29 heavy (non-hydrogen) atoms. The van der Waals surface area contributed by atoms with E-state index in [9.17, 15) is 0 Å². The van der Waals surface area contributed by atoms with Gasteiger partial charge in [0, 0.05) is 22.7 Å². The Morgan fingerprint density at radius 1 is 1.03 bits per heavy atom. The Labute approximate surface area is 174 Å². The SMILES string of the molecule is CCN(CC)CCCC(C)Nc1cc(-c2ccccc2)nc2ccc(OC)cc12. The second-order valence-corrected chi connectivity index (χ2v) is 7.52. The summed E-state index contributed by atoms with van der Waals surface area (Å²) < 4.78 is 5.45. The molecule has 0 aliphatic carbocycles. The minimum Gasteiger partial charge on any atom is -0.497 e. The van der Waals surface area contributed by atoms with E-state index in [2.05, 4.69) is 67.4 Å². The molecule has 0 amide bonds. The molecule has 1 N–H and O–H groups in total. The van der Waals surface area contributed by atoms with E-state index in [1.807, 2.05) is 18.2 Å². The number of hydrogen-bond acceptors (Lipinski definition) is 4. The zero-order valence-electron chi connectivity index (χ0n) is 18.1. The number of methoxy groups -OCH3 is 1. The minimum absolute atomic E-state index is 0.381. The van der Waals surface area contributed by atoms with Crippen LogP contribution in [0.25, 0.3) is 22.2 Å². The van der Waals surface area contributed by atoms with E-state index >= 15 is 0 Å². The largest absolute Gasteiger partial charge is 0.497 e. The first kappa shape index (κ1) is 21.1. The average Bonchev–Trinajstić information content (AvgIpc) is 2.77. The lowest BCUT2D eigenvalue weighted by molar-refractivity contribution is 0.295. The Morgan fingerprint density at radius 2 is 1.79 bits per heavy atom. The van der Waals surface area contributed by atoms with Crippen molar-refractivity contribution in [2.75, 3.05) is 32.1 Å². The van der Waals surface area contributed by atoms with Crippen LogP contribution in [0, 0.1) is 0 Å². The average molecular weight is 392 g/mol. The van der Waals surface area contributed by atoms with Crippen molar-refractivity contribution in [3.63, 3.8) is 0 Å². The number of rotatable bonds is 10. The van der Waals surface area contributed by atoms with Crippen LogP contribution in [0.2, 0.25) is 0 Å². The monoisotopic (exact) mass is 391 g/mol. The lowest BCUT2D eigenvalue weighted by atomic mass is 10.1. The Morgan fingerprint density at radius 3 is 2.48 bits per heavy atom. The van der Waals surface area contributed by atoms with Gasteiger partial charge >= 0.3 is 0 Å². The van der Waals surface area contributed by atoms with E-state index in [0.717, 1.165) is 59.7 Å². The second-order valence-electron chi connectivity index (χ2n) is 7.52. The van der Waals surface area contributed by atoms with Crippen LogP contribution in [-0.4, -0.2) is 42.7 Å². The third kappa shape index (κ3) is 5.48. The number of aromatic nitrogens is 1. The maximum atomic E-state index is 5.45. The number of benzene rings is 2. The zero-order valence-corrected chi connectivity index (χ0v) is 18.1. The molecule has 1 unspecified atom stereocenters. The van der Waals surface area contributed by atoms with Gasteiger partial charge in [0.15, 0.2) is 0 Å². The topological polar surface area (TPSA) is 37.4 Å². The first-order chi connectivity index (χ1) is 14.1. The lowest BCUT2D eigenvalue weighted by Gasteiger charge is -2.21. The summed E-state index contributed by atoms with van der Waals surface area (Å²) in [6.07, 6.45) is 2.32. The number of pyridine rings is 1. The Balaban J connectivity index is 1.85. The van der Waals surface area contributed by atoms with Crippen molar-refractivity contribution in [1.82, 2.24) is 9.88 Å². The summed E-state index contributed by atoms with van der Waals surface area (Å²) in [5.74, 6) is 0.851. The Kier molecular flexibility index (Phi) is 7.48. The maximum absolute atomic E-state index is 5.45. The molecular weight excluding hydrogens is 358 g/mol. The van der Waals surface area contributed by atoms with Crippen LogP contribution in [-0.2, 0) is 0 Å². The first-order valence-electron chi connectivity index (χ1n) is 10.7. The van der Waals surface area contributed by atoms with Gasteiger partial charge in [0.05, 0.1) is 18.3 Å². The van der Waals surface area contributed by atoms with E-state index in [1.165, 1.54) is 6.42 Å². The van der Waals surface area contributed by atoms with Gasteiger partial charge in [-0.2, -0.15) is 0 Å². The van der Waals surface area contributed by atoms with E-state index < -0.39 is 0 Å². The van der Waals surface area contributed by atoms with E-state index in [0.29, 0.717) is 6.04 Å². The molecule has 0 saturated carbocycles. The predicted octanol–water partition coefficient (Wildman–Crippen LogP) is 5.83. The van der Waals surface area contributed by atoms with Crippen molar-refractivity contribution in [2.45, 2.75) is 39.7 Å². The molecule has 0 spiro atoms. The fraction of sp³-hybridized carbons (Fsp3) is 0.400. The van der Waals surface area contributed by atoms with Crippen LogP contribution >= 0.6 is 0 Å². The van der Waals surface area contributed by atoms with E-state index in [-0.39, 0.29) is 0 Å². The molecule has 1 atom stereocenters. The van der Waals surface area contributed by atoms with E-state index in [4.69, 9.17) is 9.72 Å². The highest BCUT2D eigenvalue weighted by molar-refractivity contribution is 5.94. The summed E-state index contributed by atoms with van der Waals surface area (Å²) in [5.41, 5.74) is 4.21. The van der Waals surface area contributed by atoms with Gasteiger partial charge in [-0.3, -0.25) is 0 Å². The number of nitrogens with one attached hydrogen (secondary N) is 1. The third-order valence-electron chi connectivity index (χ3n) is 5.49. The molecule has 0 bridgehead atoms. The number of fused-ring (bicyclic) bond motifs is 1. The predicted molar refractivity (Wildman–Crippen MR) is 124 cm³/mol. The zero-order chi connectivity index (χ0) is 20.6. The van der Waals surface area contributed by atoms with E-state index in [1.54, 1.807) is 7.11 Å². The molecule has 0 aliphatic rings. The van der Waals surface area contributed by atoms with Crippen molar-refractivity contribution in [1.29, 1.82) is 0 Å². The molecule has 3 rings (SSSR count).